The Hall–Kier alpha value is -1.10. The van der Waals surface area contributed by atoms with E-state index in [0.29, 0.717) is 18.9 Å². The predicted octanol–water partition coefficient (Wildman–Crippen LogP) is 0.0169. The number of carbonyl (C=O) groups is 2. The van der Waals surface area contributed by atoms with Crippen molar-refractivity contribution in [2.75, 3.05) is 19.6 Å². The van der Waals surface area contributed by atoms with E-state index in [2.05, 4.69) is 16.0 Å². The van der Waals surface area contributed by atoms with Crippen molar-refractivity contribution in [3.05, 3.63) is 0 Å². The third kappa shape index (κ3) is 5.17. The van der Waals surface area contributed by atoms with Crippen LogP contribution in [0.2, 0.25) is 0 Å². The fourth-order valence-corrected chi connectivity index (χ4v) is 2.00. The van der Waals surface area contributed by atoms with E-state index in [-0.39, 0.29) is 11.8 Å². The predicted molar refractivity (Wildman–Crippen MR) is 66.5 cm³/mol. The third-order valence-corrected chi connectivity index (χ3v) is 3.06. The van der Waals surface area contributed by atoms with Gasteiger partial charge in [0.25, 0.3) is 0 Å². The van der Waals surface area contributed by atoms with E-state index in [0.717, 1.165) is 25.9 Å². The second kappa shape index (κ2) is 7.27. The number of likely N-dealkylation sites (N-methyl/N-ethyl adjacent to an activating group) is 1. The molecule has 5 heteroatoms. The van der Waals surface area contributed by atoms with Gasteiger partial charge in [-0.05, 0) is 45.7 Å². The maximum Gasteiger partial charge on any atom is 0.242 e. The first-order chi connectivity index (χ1) is 8.13. The van der Waals surface area contributed by atoms with Gasteiger partial charge in [0.1, 0.15) is 6.04 Å². The van der Waals surface area contributed by atoms with Gasteiger partial charge in [0, 0.05) is 13.0 Å². The zero-order valence-corrected chi connectivity index (χ0v) is 10.7. The quantitative estimate of drug-likeness (QED) is 0.614. The summed E-state index contributed by atoms with van der Waals surface area (Å²) < 4.78 is 0. The molecule has 0 radical (unpaired) electrons. The summed E-state index contributed by atoms with van der Waals surface area (Å²) >= 11 is 0. The van der Waals surface area contributed by atoms with E-state index in [1.165, 1.54) is 0 Å². The van der Waals surface area contributed by atoms with E-state index in [1.807, 2.05) is 6.92 Å². The van der Waals surface area contributed by atoms with Crippen molar-refractivity contribution in [2.24, 2.45) is 5.92 Å². The molecule has 98 valence electrons. The Kier molecular flexibility index (Phi) is 5.97. The summed E-state index contributed by atoms with van der Waals surface area (Å²) in [5.41, 5.74) is 0. The van der Waals surface area contributed by atoms with Crippen molar-refractivity contribution >= 4 is 11.8 Å². The molecule has 0 spiro atoms. The standard InChI is InChI=1S/C12H23N3O2/c1-3-14-12(17)9(2)15-11(16)5-4-10-6-7-13-8-10/h9-10,13H,3-8H2,1-2H3,(H,14,17)(H,15,16). The Morgan fingerprint density at radius 3 is 2.82 bits per heavy atom. The number of carbonyl (C=O) groups excluding carboxylic acids is 2. The minimum Gasteiger partial charge on any atom is -0.355 e. The lowest BCUT2D eigenvalue weighted by Crippen LogP contribution is -2.44. The highest BCUT2D eigenvalue weighted by Crippen LogP contribution is 2.13. The molecule has 0 aliphatic carbocycles. The molecule has 1 saturated heterocycles. The molecule has 3 N–H and O–H groups in total. The molecule has 0 bridgehead atoms. The van der Waals surface area contributed by atoms with Crippen LogP contribution in [0.3, 0.4) is 0 Å². The minimum atomic E-state index is -0.441. The molecule has 1 heterocycles. The lowest BCUT2D eigenvalue weighted by molar-refractivity contribution is -0.128. The minimum absolute atomic E-state index is 0.0318. The summed E-state index contributed by atoms with van der Waals surface area (Å²) in [7, 11) is 0. The highest BCUT2D eigenvalue weighted by atomic mass is 16.2. The summed E-state index contributed by atoms with van der Waals surface area (Å²) in [6, 6.07) is -0.441. The van der Waals surface area contributed by atoms with Gasteiger partial charge in [0.15, 0.2) is 0 Å². The molecule has 17 heavy (non-hydrogen) atoms. The Balaban J connectivity index is 2.17. The van der Waals surface area contributed by atoms with Crippen molar-refractivity contribution < 1.29 is 9.59 Å². The summed E-state index contributed by atoms with van der Waals surface area (Å²) in [5, 5.41) is 8.68. The second-order valence-corrected chi connectivity index (χ2v) is 4.58. The topological polar surface area (TPSA) is 70.2 Å². The van der Waals surface area contributed by atoms with Crippen molar-refractivity contribution in [1.82, 2.24) is 16.0 Å². The van der Waals surface area contributed by atoms with E-state index < -0.39 is 6.04 Å². The van der Waals surface area contributed by atoms with Crippen molar-refractivity contribution in [1.29, 1.82) is 0 Å². The Labute approximate surface area is 103 Å². The van der Waals surface area contributed by atoms with E-state index in [1.54, 1.807) is 6.92 Å². The highest BCUT2D eigenvalue weighted by Gasteiger charge is 2.18. The lowest BCUT2D eigenvalue weighted by atomic mass is 10.0. The fraction of sp³-hybridized carbons (Fsp3) is 0.833. The van der Waals surface area contributed by atoms with E-state index in [4.69, 9.17) is 0 Å². The summed E-state index contributed by atoms with van der Waals surface area (Å²) in [6.07, 6.45) is 2.57. The molecule has 0 aromatic rings. The SMILES string of the molecule is CCNC(=O)C(C)NC(=O)CCC1CCNC1. The molecular formula is C12H23N3O2. The smallest absolute Gasteiger partial charge is 0.242 e. The van der Waals surface area contributed by atoms with Crippen LogP contribution in [0, 0.1) is 5.92 Å². The summed E-state index contributed by atoms with van der Waals surface area (Å²) in [4.78, 5) is 23.0. The van der Waals surface area contributed by atoms with Gasteiger partial charge >= 0.3 is 0 Å². The molecule has 1 fully saturated rings. The lowest BCUT2D eigenvalue weighted by Gasteiger charge is -2.14. The molecule has 2 unspecified atom stereocenters. The van der Waals surface area contributed by atoms with Crippen LogP contribution < -0.4 is 16.0 Å². The van der Waals surface area contributed by atoms with Crippen molar-refractivity contribution in [2.45, 2.75) is 39.2 Å². The molecule has 0 saturated carbocycles. The molecule has 1 aliphatic heterocycles. The monoisotopic (exact) mass is 241 g/mol. The normalized spacial score (nSPS) is 20.9. The molecule has 1 aliphatic rings. The molecule has 5 nitrogen and oxygen atoms in total. The van der Waals surface area contributed by atoms with Gasteiger partial charge in [-0.25, -0.2) is 0 Å². The highest BCUT2D eigenvalue weighted by molar-refractivity contribution is 5.87. The molecular weight excluding hydrogens is 218 g/mol. The first-order valence-electron chi connectivity index (χ1n) is 6.41. The Bertz CT molecular complexity index is 262. The van der Waals surface area contributed by atoms with Gasteiger partial charge in [-0.15, -0.1) is 0 Å². The average Bonchev–Trinajstić information content (AvgIpc) is 2.79. The van der Waals surface area contributed by atoms with Gasteiger partial charge in [-0.2, -0.15) is 0 Å². The van der Waals surface area contributed by atoms with Crippen LogP contribution in [0.1, 0.15) is 33.1 Å². The van der Waals surface area contributed by atoms with Gasteiger partial charge in [-0.3, -0.25) is 9.59 Å². The van der Waals surface area contributed by atoms with Crippen LogP contribution in [0.5, 0.6) is 0 Å². The molecule has 0 aromatic heterocycles. The van der Waals surface area contributed by atoms with Crippen LogP contribution in [-0.4, -0.2) is 37.5 Å². The van der Waals surface area contributed by atoms with E-state index in [9.17, 15) is 9.59 Å². The second-order valence-electron chi connectivity index (χ2n) is 4.58. The zero-order valence-electron chi connectivity index (χ0n) is 10.7. The van der Waals surface area contributed by atoms with Crippen LogP contribution in [0.15, 0.2) is 0 Å². The number of hydrogen-bond acceptors (Lipinski definition) is 3. The number of rotatable bonds is 6. The summed E-state index contributed by atoms with van der Waals surface area (Å²) in [6.45, 7) is 6.23. The molecule has 1 rings (SSSR count). The fourth-order valence-electron chi connectivity index (χ4n) is 2.00. The number of amides is 2. The third-order valence-electron chi connectivity index (χ3n) is 3.06. The first kappa shape index (κ1) is 14.0. The summed E-state index contributed by atoms with van der Waals surface area (Å²) in [5.74, 6) is 0.458. The zero-order chi connectivity index (χ0) is 12.7. The van der Waals surface area contributed by atoms with Crippen LogP contribution >= 0.6 is 0 Å². The Morgan fingerprint density at radius 1 is 1.47 bits per heavy atom. The first-order valence-corrected chi connectivity index (χ1v) is 6.41. The molecule has 2 atom stereocenters. The van der Waals surface area contributed by atoms with Gasteiger partial charge in [0.05, 0.1) is 0 Å². The largest absolute Gasteiger partial charge is 0.355 e. The number of hydrogen-bond donors (Lipinski definition) is 3. The van der Waals surface area contributed by atoms with Crippen LogP contribution in [0.4, 0.5) is 0 Å². The average molecular weight is 241 g/mol. The Morgan fingerprint density at radius 2 is 2.24 bits per heavy atom. The van der Waals surface area contributed by atoms with Crippen LogP contribution in [-0.2, 0) is 9.59 Å². The molecule has 0 aromatic carbocycles. The van der Waals surface area contributed by atoms with Gasteiger partial charge in [0.2, 0.25) is 11.8 Å². The van der Waals surface area contributed by atoms with Gasteiger partial charge < -0.3 is 16.0 Å². The number of nitrogens with one attached hydrogen (secondary N) is 3. The van der Waals surface area contributed by atoms with Crippen LogP contribution in [0.25, 0.3) is 0 Å². The molecule has 2 amide bonds. The van der Waals surface area contributed by atoms with Crippen molar-refractivity contribution in [3.63, 3.8) is 0 Å². The van der Waals surface area contributed by atoms with Gasteiger partial charge in [-0.1, -0.05) is 0 Å². The maximum atomic E-state index is 11.6. The maximum absolute atomic E-state index is 11.6. The van der Waals surface area contributed by atoms with E-state index >= 15 is 0 Å². The van der Waals surface area contributed by atoms with Crippen molar-refractivity contribution in [3.8, 4) is 0 Å².